The Morgan fingerprint density at radius 1 is 1.42 bits per heavy atom. The van der Waals surface area contributed by atoms with Crippen LogP contribution in [0, 0.1) is 10.1 Å². The number of carboxylic acids is 1. The minimum atomic E-state index is -1.05. The van der Waals surface area contributed by atoms with E-state index >= 15 is 0 Å². The van der Waals surface area contributed by atoms with Crippen LogP contribution in [0.5, 0.6) is 0 Å². The number of primary amides is 1. The zero-order valence-corrected chi connectivity index (χ0v) is 13.3. The van der Waals surface area contributed by atoms with Crippen LogP contribution in [0.3, 0.4) is 0 Å². The number of likely N-dealkylation sites (tertiary alicyclic amines) is 1. The molecule has 24 heavy (non-hydrogen) atoms. The first-order valence-corrected chi connectivity index (χ1v) is 8.03. The van der Waals surface area contributed by atoms with Gasteiger partial charge in [0.2, 0.25) is 11.8 Å². The lowest BCUT2D eigenvalue weighted by atomic mass is 10.2. The highest BCUT2D eigenvalue weighted by atomic mass is 32.2. The van der Waals surface area contributed by atoms with Gasteiger partial charge in [-0.2, -0.15) is 0 Å². The molecule has 0 bridgehead atoms. The summed E-state index contributed by atoms with van der Waals surface area (Å²) in [7, 11) is 0. The zero-order chi connectivity index (χ0) is 17.9. The number of nitro benzene ring substituents is 1. The van der Waals surface area contributed by atoms with Crippen LogP contribution in [-0.2, 0) is 9.59 Å². The fraction of sp³-hybridized carbons (Fsp3) is 0.357. The molecule has 0 spiro atoms. The number of aliphatic carboxylic acids is 1. The van der Waals surface area contributed by atoms with Crippen molar-refractivity contribution in [2.75, 3.05) is 12.3 Å². The zero-order valence-electron chi connectivity index (χ0n) is 12.5. The Labute approximate surface area is 140 Å². The van der Waals surface area contributed by atoms with E-state index < -0.39 is 28.7 Å². The van der Waals surface area contributed by atoms with Crippen LogP contribution in [0.15, 0.2) is 23.1 Å². The summed E-state index contributed by atoms with van der Waals surface area (Å²) in [5.41, 5.74) is 4.78. The molecule has 1 saturated heterocycles. The Morgan fingerprint density at radius 3 is 2.71 bits per heavy atom. The molecule has 0 aliphatic carbocycles. The number of hydrogen-bond acceptors (Lipinski definition) is 6. The number of carbonyl (C=O) groups is 3. The molecule has 1 fully saturated rings. The highest BCUT2D eigenvalue weighted by Gasteiger charge is 2.33. The summed E-state index contributed by atoms with van der Waals surface area (Å²) in [4.78, 5) is 46.3. The monoisotopic (exact) mass is 353 g/mol. The van der Waals surface area contributed by atoms with Gasteiger partial charge in [-0.15, -0.1) is 11.8 Å². The molecule has 3 N–H and O–H groups in total. The standard InChI is InChI=1S/C14H15N3O6S/c15-13(19)8-3-4-11(10(6-8)17(22)23)24-7-12(18)16-5-1-2-9(16)14(20)21/h3-4,6,9H,1-2,5,7H2,(H2,15,19)(H,20,21). The van der Waals surface area contributed by atoms with Crippen molar-refractivity contribution >= 4 is 35.2 Å². The Morgan fingerprint density at radius 2 is 2.12 bits per heavy atom. The molecular weight excluding hydrogens is 338 g/mol. The van der Waals surface area contributed by atoms with Gasteiger partial charge in [0.05, 0.1) is 15.6 Å². The second-order valence-corrected chi connectivity index (χ2v) is 6.19. The first kappa shape index (κ1) is 17.7. The second-order valence-electron chi connectivity index (χ2n) is 5.18. The fourth-order valence-electron chi connectivity index (χ4n) is 2.48. The second kappa shape index (κ2) is 7.30. The quantitative estimate of drug-likeness (QED) is 0.438. The van der Waals surface area contributed by atoms with Crippen molar-refractivity contribution in [2.24, 2.45) is 5.73 Å². The molecule has 10 heteroatoms. The normalized spacial score (nSPS) is 16.8. The average molecular weight is 353 g/mol. The van der Waals surface area contributed by atoms with Crippen molar-refractivity contribution < 1.29 is 24.4 Å². The number of amides is 2. The molecule has 1 aliphatic heterocycles. The molecule has 1 aliphatic rings. The van der Waals surface area contributed by atoms with Gasteiger partial charge >= 0.3 is 5.97 Å². The van der Waals surface area contributed by atoms with Crippen LogP contribution < -0.4 is 5.73 Å². The molecule has 0 saturated carbocycles. The largest absolute Gasteiger partial charge is 0.480 e. The maximum atomic E-state index is 12.2. The van der Waals surface area contributed by atoms with E-state index in [2.05, 4.69) is 0 Å². The number of nitro groups is 1. The van der Waals surface area contributed by atoms with E-state index in [0.29, 0.717) is 19.4 Å². The molecule has 2 rings (SSSR count). The molecule has 0 aromatic heterocycles. The molecule has 9 nitrogen and oxygen atoms in total. The van der Waals surface area contributed by atoms with Gasteiger partial charge in [0.15, 0.2) is 0 Å². The van der Waals surface area contributed by atoms with Crippen molar-refractivity contribution in [1.82, 2.24) is 4.90 Å². The molecular formula is C14H15N3O6S. The average Bonchev–Trinajstić information content (AvgIpc) is 3.02. The highest BCUT2D eigenvalue weighted by Crippen LogP contribution is 2.31. The van der Waals surface area contributed by atoms with Crippen LogP contribution in [0.25, 0.3) is 0 Å². The minimum Gasteiger partial charge on any atom is -0.480 e. The summed E-state index contributed by atoms with van der Waals surface area (Å²) in [6, 6.07) is 2.92. The van der Waals surface area contributed by atoms with E-state index in [4.69, 9.17) is 10.8 Å². The van der Waals surface area contributed by atoms with Crippen molar-refractivity contribution in [3.05, 3.63) is 33.9 Å². The summed E-state index contributed by atoms with van der Waals surface area (Å²) < 4.78 is 0. The van der Waals surface area contributed by atoms with E-state index in [1.54, 1.807) is 0 Å². The van der Waals surface area contributed by atoms with Crippen LogP contribution >= 0.6 is 11.8 Å². The van der Waals surface area contributed by atoms with Crippen LogP contribution in [0.1, 0.15) is 23.2 Å². The fourth-order valence-corrected chi connectivity index (χ4v) is 3.37. The summed E-state index contributed by atoms with van der Waals surface area (Å²) in [6.07, 6.45) is 1.01. The van der Waals surface area contributed by atoms with E-state index in [9.17, 15) is 24.5 Å². The number of thioether (sulfide) groups is 1. The van der Waals surface area contributed by atoms with Gasteiger partial charge < -0.3 is 15.7 Å². The lowest BCUT2D eigenvalue weighted by Gasteiger charge is -2.21. The number of nitrogens with two attached hydrogens (primary N) is 1. The van der Waals surface area contributed by atoms with E-state index in [0.717, 1.165) is 17.8 Å². The van der Waals surface area contributed by atoms with Crippen LogP contribution in [0.2, 0.25) is 0 Å². The summed E-state index contributed by atoms with van der Waals surface area (Å²) >= 11 is 0.927. The molecule has 1 aromatic carbocycles. The molecule has 2 amide bonds. The maximum Gasteiger partial charge on any atom is 0.326 e. The molecule has 1 atom stereocenters. The predicted molar refractivity (Wildman–Crippen MR) is 84.7 cm³/mol. The van der Waals surface area contributed by atoms with E-state index in [1.165, 1.54) is 17.0 Å². The molecule has 1 aromatic rings. The van der Waals surface area contributed by atoms with E-state index in [1.807, 2.05) is 0 Å². The predicted octanol–water partition coefficient (Wildman–Crippen LogP) is 0.861. The third-order valence-corrected chi connectivity index (χ3v) is 4.70. The minimum absolute atomic E-state index is 0.00265. The van der Waals surface area contributed by atoms with Crippen molar-refractivity contribution in [2.45, 2.75) is 23.8 Å². The summed E-state index contributed by atoms with van der Waals surface area (Å²) in [5.74, 6) is -2.35. The lowest BCUT2D eigenvalue weighted by Crippen LogP contribution is -2.41. The molecule has 1 unspecified atom stereocenters. The summed E-state index contributed by atoms with van der Waals surface area (Å²) in [5, 5.41) is 20.2. The number of carboxylic acid groups (broad SMARTS) is 1. The first-order chi connectivity index (χ1) is 11.3. The van der Waals surface area contributed by atoms with Crippen molar-refractivity contribution in [3.8, 4) is 0 Å². The van der Waals surface area contributed by atoms with Crippen molar-refractivity contribution in [3.63, 3.8) is 0 Å². The number of rotatable bonds is 6. The number of benzene rings is 1. The Hall–Kier alpha value is -2.62. The number of hydrogen-bond donors (Lipinski definition) is 2. The highest BCUT2D eigenvalue weighted by molar-refractivity contribution is 8.00. The van der Waals surface area contributed by atoms with Crippen LogP contribution in [0.4, 0.5) is 5.69 Å². The number of nitrogens with zero attached hydrogens (tertiary/aromatic N) is 2. The van der Waals surface area contributed by atoms with Gasteiger partial charge in [-0.05, 0) is 25.0 Å². The van der Waals surface area contributed by atoms with Gasteiger partial charge in [0.25, 0.3) is 5.69 Å². The third kappa shape index (κ3) is 3.82. The lowest BCUT2D eigenvalue weighted by molar-refractivity contribution is -0.387. The van der Waals surface area contributed by atoms with Crippen molar-refractivity contribution in [1.29, 1.82) is 0 Å². The third-order valence-electron chi connectivity index (χ3n) is 3.65. The number of carbonyl (C=O) groups excluding carboxylic acids is 2. The van der Waals surface area contributed by atoms with Gasteiger partial charge in [0, 0.05) is 18.2 Å². The van der Waals surface area contributed by atoms with E-state index in [-0.39, 0.29) is 21.9 Å². The SMILES string of the molecule is NC(=O)c1ccc(SCC(=O)N2CCCC2C(=O)O)c([N+](=O)[O-])c1. The molecule has 128 valence electrons. The summed E-state index contributed by atoms with van der Waals surface area (Å²) in [6.45, 7) is 0.360. The Bertz CT molecular complexity index is 708. The van der Waals surface area contributed by atoms with Gasteiger partial charge in [-0.1, -0.05) is 0 Å². The topological polar surface area (TPSA) is 144 Å². The van der Waals surface area contributed by atoms with Gasteiger partial charge in [0.1, 0.15) is 6.04 Å². The molecule has 0 radical (unpaired) electrons. The van der Waals surface area contributed by atoms with Gasteiger partial charge in [-0.3, -0.25) is 19.7 Å². The van der Waals surface area contributed by atoms with Gasteiger partial charge in [-0.25, -0.2) is 4.79 Å². The Balaban J connectivity index is 2.11. The Kier molecular flexibility index (Phi) is 5.39. The maximum absolute atomic E-state index is 12.2. The molecule has 1 heterocycles. The smallest absolute Gasteiger partial charge is 0.326 e. The first-order valence-electron chi connectivity index (χ1n) is 7.04. The van der Waals surface area contributed by atoms with Crippen LogP contribution in [-0.4, -0.2) is 51.1 Å².